The number of aryl methyl sites for hydroxylation is 1. The number of nitrogens with one attached hydrogen (secondary N) is 1. The highest BCUT2D eigenvalue weighted by Crippen LogP contribution is 2.31. The molecular weight excluding hydrogens is 396 g/mol. The zero-order chi connectivity index (χ0) is 21.0. The summed E-state index contributed by atoms with van der Waals surface area (Å²) in [5.74, 6) is -2.18. The summed E-state index contributed by atoms with van der Waals surface area (Å²) < 4.78 is 10.2. The van der Waals surface area contributed by atoms with Crippen molar-refractivity contribution >= 4 is 45.9 Å². The minimum absolute atomic E-state index is 0.119. The number of halogens is 1. The van der Waals surface area contributed by atoms with Gasteiger partial charge in [0.1, 0.15) is 5.58 Å². The number of nitrogens with zero attached hydrogens (tertiary/aromatic N) is 1. The monoisotopic (exact) mass is 410 g/mol. The van der Waals surface area contributed by atoms with Gasteiger partial charge in [0.2, 0.25) is 5.78 Å². The molecule has 3 aromatic rings. The van der Waals surface area contributed by atoms with Gasteiger partial charge in [-0.1, -0.05) is 11.6 Å². The van der Waals surface area contributed by atoms with Crippen LogP contribution in [0.15, 0.2) is 46.9 Å². The van der Waals surface area contributed by atoms with Crippen molar-refractivity contribution in [3.05, 3.63) is 64.4 Å². The molecule has 0 spiro atoms. The number of ketones is 1. The molecule has 7 nitrogen and oxygen atoms in total. The van der Waals surface area contributed by atoms with Crippen molar-refractivity contribution in [3.8, 4) is 6.07 Å². The van der Waals surface area contributed by atoms with E-state index in [0.717, 1.165) is 7.11 Å². The summed E-state index contributed by atoms with van der Waals surface area (Å²) in [5.41, 5.74) is 1.65. The van der Waals surface area contributed by atoms with E-state index >= 15 is 0 Å². The molecule has 1 heterocycles. The fourth-order valence-corrected chi connectivity index (χ4v) is 2.97. The topological polar surface area (TPSA) is 109 Å². The summed E-state index contributed by atoms with van der Waals surface area (Å²) in [6.07, 6.45) is 0.530. The summed E-state index contributed by atoms with van der Waals surface area (Å²) in [5, 5.41) is 12.5. The number of anilines is 1. The van der Waals surface area contributed by atoms with Crippen LogP contribution in [0.2, 0.25) is 5.02 Å². The third-order valence-corrected chi connectivity index (χ3v) is 4.47. The van der Waals surface area contributed by atoms with Gasteiger partial charge in [0.15, 0.2) is 5.76 Å². The first-order chi connectivity index (χ1) is 13.9. The van der Waals surface area contributed by atoms with Gasteiger partial charge in [-0.05, 0) is 42.8 Å². The molecule has 0 saturated heterocycles. The fourth-order valence-electron chi connectivity index (χ4n) is 2.85. The molecule has 29 heavy (non-hydrogen) atoms. The van der Waals surface area contributed by atoms with E-state index in [4.69, 9.17) is 21.3 Å². The van der Waals surface area contributed by atoms with Crippen molar-refractivity contribution < 1.29 is 23.5 Å². The predicted molar refractivity (Wildman–Crippen MR) is 106 cm³/mol. The number of methoxy groups -OCH3 is 1. The lowest BCUT2D eigenvalue weighted by Crippen LogP contribution is -2.23. The first-order valence-electron chi connectivity index (χ1n) is 8.56. The second-order valence-corrected chi connectivity index (χ2v) is 6.50. The lowest BCUT2D eigenvalue weighted by molar-refractivity contribution is -0.150. The number of furan rings is 1. The zero-order valence-electron chi connectivity index (χ0n) is 15.3. The molecule has 0 unspecified atom stereocenters. The average Bonchev–Trinajstić information content (AvgIpc) is 3.09. The lowest BCUT2D eigenvalue weighted by Gasteiger charge is -2.03. The van der Waals surface area contributed by atoms with E-state index in [1.54, 1.807) is 36.4 Å². The van der Waals surface area contributed by atoms with Crippen LogP contribution in [-0.2, 0) is 20.7 Å². The maximum atomic E-state index is 13.0. The van der Waals surface area contributed by atoms with E-state index in [9.17, 15) is 14.4 Å². The first-order valence-corrected chi connectivity index (χ1v) is 8.94. The molecular formula is C21H15ClN2O5. The molecule has 1 aromatic heterocycles. The maximum absolute atomic E-state index is 13.0. The number of nitriles is 1. The fraction of sp³-hybridized carbons (Fsp3) is 0.143. The molecule has 8 heteroatoms. The predicted octanol–water partition coefficient (Wildman–Crippen LogP) is 3.88. The molecule has 0 atom stereocenters. The Labute approximate surface area is 170 Å². The quantitative estimate of drug-likeness (QED) is 0.388. The molecule has 1 amide bonds. The molecule has 146 valence electrons. The lowest BCUT2D eigenvalue weighted by atomic mass is 10.0. The Kier molecular flexibility index (Phi) is 5.96. The van der Waals surface area contributed by atoms with Crippen LogP contribution in [0.3, 0.4) is 0 Å². The Morgan fingerprint density at radius 3 is 2.55 bits per heavy atom. The summed E-state index contributed by atoms with van der Waals surface area (Å²) in [6.45, 7) is 0. The van der Waals surface area contributed by atoms with Gasteiger partial charge in [-0.15, -0.1) is 0 Å². The number of hydrogen-bond donors (Lipinski definition) is 1. The summed E-state index contributed by atoms with van der Waals surface area (Å²) in [6, 6.07) is 13.2. The molecule has 2 aromatic carbocycles. The van der Waals surface area contributed by atoms with Crippen LogP contribution >= 0.6 is 11.6 Å². The number of carbonyl (C=O) groups excluding carboxylic acids is 3. The molecule has 0 aliphatic carbocycles. The Hall–Kier alpha value is -3.63. The van der Waals surface area contributed by atoms with E-state index in [-0.39, 0.29) is 18.0 Å². The first kappa shape index (κ1) is 20.1. The molecule has 0 radical (unpaired) electrons. The third kappa shape index (κ3) is 4.28. The van der Waals surface area contributed by atoms with Gasteiger partial charge in [0.05, 0.1) is 13.2 Å². The second-order valence-electron chi connectivity index (χ2n) is 6.06. The second kappa shape index (κ2) is 8.59. The van der Waals surface area contributed by atoms with Crippen LogP contribution in [-0.4, -0.2) is 24.8 Å². The number of amides is 1. The van der Waals surface area contributed by atoms with Gasteiger partial charge < -0.3 is 14.5 Å². The number of carbonyl (C=O) groups is 3. The Bertz CT molecular complexity index is 1140. The number of rotatable bonds is 5. The summed E-state index contributed by atoms with van der Waals surface area (Å²) in [7, 11) is 1.10. The van der Waals surface area contributed by atoms with E-state index in [0.29, 0.717) is 39.2 Å². The standard InChI is InChI=1S/C21H15ClN2O5/c1-28-21(27)20(26)24-14-8-9-15-16(3-2-10-23)19(29-17(15)11-14)18(25)12-4-6-13(22)7-5-12/h4-9,11H,2-3H2,1H3,(H,24,26). The van der Waals surface area contributed by atoms with Gasteiger partial charge in [0.25, 0.3) is 0 Å². The van der Waals surface area contributed by atoms with Gasteiger partial charge in [0, 0.05) is 39.7 Å². The van der Waals surface area contributed by atoms with Crippen LogP contribution in [0.25, 0.3) is 11.0 Å². The van der Waals surface area contributed by atoms with Crippen molar-refractivity contribution in [2.75, 3.05) is 12.4 Å². The highest BCUT2D eigenvalue weighted by molar-refractivity contribution is 6.37. The van der Waals surface area contributed by atoms with Gasteiger partial charge >= 0.3 is 11.9 Å². The minimum Gasteiger partial charge on any atom is -0.462 e. The molecule has 0 fully saturated rings. The number of esters is 1. The molecule has 1 N–H and O–H groups in total. The van der Waals surface area contributed by atoms with Crippen molar-refractivity contribution in [1.29, 1.82) is 5.26 Å². The number of fused-ring (bicyclic) bond motifs is 1. The third-order valence-electron chi connectivity index (χ3n) is 4.22. The van der Waals surface area contributed by atoms with Crippen molar-refractivity contribution in [1.82, 2.24) is 0 Å². The normalized spacial score (nSPS) is 10.4. The number of ether oxygens (including phenoxy) is 1. The molecule has 0 aliphatic heterocycles. The van der Waals surface area contributed by atoms with Gasteiger partial charge in [-0.3, -0.25) is 9.59 Å². The highest BCUT2D eigenvalue weighted by Gasteiger charge is 2.22. The summed E-state index contributed by atoms with van der Waals surface area (Å²) in [4.78, 5) is 35.9. The van der Waals surface area contributed by atoms with Crippen LogP contribution in [0.5, 0.6) is 0 Å². The molecule has 0 saturated carbocycles. The zero-order valence-corrected chi connectivity index (χ0v) is 16.1. The van der Waals surface area contributed by atoms with Crippen LogP contribution in [0, 0.1) is 11.3 Å². The van der Waals surface area contributed by atoms with Crippen LogP contribution in [0.4, 0.5) is 5.69 Å². The number of hydrogen-bond acceptors (Lipinski definition) is 6. The van der Waals surface area contributed by atoms with E-state index in [2.05, 4.69) is 16.1 Å². The smallest absolute Gasteiger partial charge is 0.396 e. The van der Waals surface area contributed by atoms with E-state index in [1.807, 2.05) is 0 Å². The molecule has 0 bridgehead atoms. The Morgan fingerprint density at radius 1 is 1.17 bits per heavy atom. The minimum atomic E-state index is -1.03. The number of benzene rings is 2. The van der Waals surface area contributed by atoms with Crippen molar-refractivity contribution in [3.63, 3.8) is 0 Å². The SMILES string of the molecule is COC(=O)C(=O)Nc1ccc2c(CCC#N)c(C(=O)c3ccc(Cl)cc3)oc2c1. The van der Waals surface area contributed by atoms with E-state index in [1.165, 1.54) is 6.07 Å². The largest absolute Gasteiger partial charge is 0.462 e. The average molecular weight is 411 g/mol. The van der Waals surface area contributed by atoms with Crippen molar-refractivity contribution in [2.24, 2.45) is 0 Å². The Balaban J connectivity index is 2.03. The summed E-state index contributed by atoms with van der Waals surface area (Å²) >= 11 is 5.88. The van der Waals surface area contributed by atoms with E-state index < -0.39 is 11.9 Å². The van der Waals surface area contributed by atoms with Crippen LogP contribution in [0.1, 0.15) is 28.1 Å². The van der Waals surface area contributed by atoms with Gasteiger partial charge in [-0.25, -0.2) is 4.79 Å². The van der Waals surface area contributed by atoms with Gasteiger partial charge in [-0.2, -0.15) is 5.26 Å². The van der Waals surface area contributed by atoms with Crippen molar-refractivity contribution in [2.45, 2.75) is 12.8 Å². The van der Waals surface area contributed by atoms with Crippen LogP contribution < -0.4 is 5.32 Å². The molecule has 0 aliphatic rings. The molecule has 3 rings (SSSR count). The Morgan fingerprint density at radius 2 is 1.90 bits per heavy atom. The highest BCUT2D eigenvalue weighted by atomic mass is 35.5. The maximum Gasteiger partial charge on any atom is 0.396 e.